The van der Waals surface area contributed by atoms with E-state index in [1.807, 2.05) is 25.7 Å². The van der Waals surface area contributed by atoms with Crippen LogP contribution >= 0.6 is 0 Å². The van der Waals surface area contributed by atoms with Crippen LogP contribution in [-0.2, 0) is 4.74 Å². The van der Waals surface area contributed by atoms with E-state index in [-0.39, 0.29) is 17.7 Å². The van der Waals surface area contributed by atoms with E-state index < -0.39 is 5.60 Å². The lowest BCUT2D eigenvalue weighted by molar-refractivity contribution is 0.00410. The topological polar surface area (TPSA) is 55.6 Å². The average Bonchev–Trinajstić information content (AvgIpc) is 2.81. The third-order valence-corrected chi connectivity index (χ3v) is 3.38. The Hall–Kier alpha value is -0.770. The molecule has 0 aromatic rings. The van der Waals surface area contributed by atoms with Crippen molar-refractivity contribution in [3.05, 3.63) is 0 Å². The van der Waals surface area contributed by atoms with Crippen molar-refractivity contribution in [3.63, 3.8) is 0 Å². The van der Waals surface area contributed by atoms with Gasteiger partial charge in [0.1, 0.15) is 5.60 Å². The Morgan fingerprint density at radius 2 is 2.06 bits per heavy atom. The molecule has 4 nitrogen and oxygen atoms in total. The monoisotopic (exact) mass is 226 g/mol. The summed E-state index contributed by atoms with van der Waals surface area (Å²) in [5.41, 5.74) is 5.59. The first-order valence-corrected chi connectivity index (χ1v) is 6.09. The largest absolute Gasteiger partial charge is 0.444 e. The first-order chi connectivity index (χ1) is 7.32. The van der Waals surface area contributed by atoms with E-state index in [1.54, 1.807) is 0 Å². The SMILES string of the molecule is CC(C)(C)OC(=O)N1CC[C@H](N)CC12CC2. The van der Waals surface area contributed by atoms with Crippen molar-refractivity contribution in [3.8, 4) is 0 Å². The van der Waals surface area contributed by atoms with E-state index in [1.165, 1.54) is 0 Å². The zero-order chi connectivity index (χ0) is 12.0. The molecule has 0 aromatic carbocycles. The van der Waals surface area contributed by atoms with Crippen molar-refractivity contribution in [2.75, 3.05) is 6.54 Å². The number of hydrogen-bond donors (Lipinski definition) is 1. The molecule has 2 fully saturated rings. The Morgan fingerprint density at radius 1 is 1.44 bits per heavy atom. The Kier molecular flexibility index (Phi) is 2.65. The molecule has 2 N–H and O–H groups in total. The molecule has 1 aliphatic carbocycles. The highest BCUT2D eigenvalue weighted by Crippen LogP contribution is 2.48. The quantitative estimate of drug-likeness (QED) is 0.686. The highest BCUT2D eigenvalue weighted by Gasteiger charge is 2.53. The summed E-state index contributed by atoms with van der Waals surface area (Å²) in [4.78, 5) is 13.9. The highest BCUT2D eigenvalue weighted by molar-refractivity contribution is 5.70. The third-order valence-electron chi connectivity index (χ3n) is 3.38. The maximum atomic E-state index is 12.0. The summed E-state index contributed by atoms with van der Waals surface area (Å²) in [5, 5.41) is 0. The van der Waals surface area contributed by atoms with Crippen LogP contribution in [0.15, 0.2) is 0 Å². The summed E-state index contributed by atoms with van der Waals surface area (Å²) in [6, 6.07) is 0.251. The third kappa shape index (κ3) is 2.32. The number of rotatable bonds is 0. The lowest BCUT2D eigenvalue weighted by Gasteiger charge is -2.39. The molecule has 0 bridgehead atoms. The number of likely N-dealkylation sites (tertiary alicyclic amines) is 1. The van der Waals surface area contributed by atoms with Crippen LogP contribution in [0.5, 0.6) is 0 Å². The summed E-state index contributed by atoms with van der Waals surface area (Å²) >= 11 is 0. The van der Waals surface area contributed by atoms with Gasteiger partial charge in [-0.25, -0.2) is 4.79 Å². The van der Waals surface area contributed by atoms with Gasteiger partial charge < -0.3 is 15.4 Å². The molecule has 1 spiro atoms. The van der Waals surface area contributed by atoms with Gasteiger partial charge in [-0.3, -0.25) is 0 Å². The molecule has 1 saturated carbocycles. The van der Waals surface area contributed by atoms with Gasteiger partial charge in [0, 0.05) is 18.1 Å². The second kappa shape index (κ2) is 3.62. The van der Waals surface area contributed by atoms with E-state index in [4.69, 9.17) is 10.5 Å². The summed E-state index contributed by atoms with van der Waals surface area (Å²) < 4.78 is 5.43. The Labute approximate surface area is 97.1 Å². The number of hydrogen-bond acceptors (Lipinski definition) is 3. The molecular formula is C12H22N2O2. The predicted molar refractivity (Wildman–Crippen MR) is 62.1 cm³/mol. The highest BCUT2D eigenvalue weighted by atomic mass is 16.6. The number of carbonyl (C=O) groups excluding carboxylic acids is 1. The predicted octanol–water partition coefficient (Wildman–Crippen LogP) is 1.88. The lowest BCUT2D eigenvalue weighted by Crippen LogP contribution is -2.52. The molecule has 1 saturated heterocycles. The van der Waals surface area contributed by atoms with Gasteiger partial charge in [0.15, 0.2) is 0 Å². The van der Waals surface area contributed by atoms with Gasteiger partial charge in [-0.2, -0.15) is 0 Å². The van der Waals surface area contributed by atoms with Gasteiger partial charge in [-0.05, 0) is 46.5 Å². The van der Waals surface area contributed by atoms with Crippen LogP contribution in [-0.4, -0.2) is 34.7 Å². The van der Waals surface area contributed by atoms with Crippen molar-refractivity contribution in [1.29, 1.82) is 0 Å². The molecule has 0 aromatic heterocycles. The van der Waals surface area contributed by atoms with E-state index in [0.717, 1.165) is 32.2 Å². The van der Waals surface area contributed by atoms with Gasteiger partial charge in [-0.1, -0.05) is 0 Å². The Bertz CT molecular complexity index is 292. The van der Waals surface area contributed by atoms with Crippen molar-refractivity contribution in [2.45, 2.75) is 63.6 Å². The minimum Gasteiger partial charge on any atom is -0.444 e. The Morgan fingerprint density at radius 3 is 2.56 bits per heavy atom. The van der Waals surface area contributed by atoms with Crippen LogP contribution < -0.4 is 5.73 Å². The van der Waals surface area contributed by atoms with Crippen LogP contribution in [0.2, 0.25) is 0 Å². The second-order valence-electron chi connectivity index (χ2n) is 6.11. The summed E-state index contributed by atoms with van der Waals surface area (Å²) in [6.07, 6.45) is 3.82. The molecule has 2 rings (SSSR count). The van der Waals surface area contributed by atoms with Crippen molar-refractivity contribution < 1.29 is 9.53 Å². The number of carbonyl (C=O) groups is 1. The van der Waals surface area contributed by atoms with Crippen LogP contribution in [0.1, 0.15) is 46.5 Å². The fourth-order valence-corrected chi connectivity index (χ4v) is 2.45. The fourth-order valence-electron chi connectivity index (χ4n) is 2.45. The minimum absolute atomic E-state index is 0.0417. The smallest absolute Gasteiger partial charge is 0.410 e. The van der Waals surface area contributed by atoms with E-state index >= 15 is 0 Å². The van der Waals surface area contributed by atoms with Crippen LogP contribution in [0.4, 0.5) is 4.79 Å². The van der Waals surface area contributed by atoms with E-state index in [9.17, 15) is 4.79 Å². The standard InChI is InChI=1S/C12H22N2O2/c1-11(2,3)16-10(15)14-7-4-9(13)8-12(14)5-6-12/h9H,4-8,13H2,1-3H3/t9-/m0/s1. The molecule has 2 aliphatic rings. The summed E-state index contributed by atoms with van der Waals surface area (Å²) in [5.74, 6) is 0. The minimum atomic E-state index is -0.410. The first-order valence-electron chi connectivity index (χ1n) is 6.09. The van der Waals surface area contributed by atoms with Gasteiger partial charge >= 0.3 is 6.09 Å². The van der Waals surface area contributed by atoms with Gasteiger partial charge in [0.2, 0.25) is 0 Å². The molecule has 4 heteroatoms. The molecule has 0 unspecified atom stereocenters. The molecule has 1 amide bonds. The number of amides is 1. The molecule has 16 heavy (non-hydrogen) atoms. The molecule has 92 valence electrons. The molecule has 1 atom stereocenters. The molecule has 1 aliphatic heterocycles. The molecule has 0 radical (unpaired) electrons. The van der Waals surface area contributed by atoms with E-state index in [2.05, 4.69) is 0 Å². The van der Waals surface area contributed by atoms with Crippen molar-refractivity contribution >= 4 is 6.09 Å². The number of nitrogens with zero attached hydrogens (tertiary/aromatic N) is 1. The van der Waals surface area contributed by atoms with Crippen LogP contribution in [0.3, 0.4) is 0 Å². The number of ether oxygens (including phenoxy) is 1. The van der Waals surface area contributed by atoms with Crippen molar-refractivity contribution in [2.24, 2.45) is 5.73 Å². The number of piperidine rings is 1. The van der Waals surface area contributed by atoms with Gasteiger partial charge in [0.05, 0.1) is 0 Å². The van der Waals surface area contributed by atoms with Crippen LogP contribution in [0, 0.1) is 0 Å². The first kappa shape index (κ1) is 11.7. The zero-order valence-electron chi connectivity index (χ0n) is 10.5. The molecular weight excluding hydrogens is 204 g/mol. The zero-order valence-corrected chi connectivity index (χ0v) is 10.5. The Balaban J connectivity index is 2.01. The summed E-state index contributed by atoms with van der Waals surface area (Å²) in [7, 11) is 0. The maximum absolute atomic E-state index is 12.0. The van der Waals surface area contributed by atoms with Gasteiger partial charge in [-0.15, -0.1) is 0 Å². The molecule has 1 heterocycles. The van der Waals surface area contributed by atoms with E-state index in [0.29, 0.717) is 0 Å². The second-order valence-corrected chi connectivity index (χ2v) is 6.11. The number of nitrogens with two attached hydrogens (primary N) is 1. The summed E-state index contributed by atoms with van der Waals surface area (Å²) in [6.45, 7) is 6.45. The lowest BCUT2D eigenvalue weighted by atomic mass is 9.96. The fraction of sp³-hybridized carbons (Fsp3) is 0.917. The van der Waals surface area contributed by atoms with Gasteiger partial charge in [0.25, 0.3) is 0 Å². The van der Waals surface area contributed by atoms with Crippen LogP contribution in [0.25, 0.3) is 0 Å². The normalized spacial score (nSPS) is 28.0. The maximum Gasteiger partial charge on any atom is 0.410 e. The van der Waals surface area contributed by atoms with Crippen molar-refractivity contribution in [1.82, 2.24) is 4.90 Å². The average molecular weight is 226 g/mol.